The van der Waals surface area contributed by atoms with E-state index in [4.69, 9.17) is 21.7 Å². The zero-order chi connectivity index (χ0) is 14.6. The lowest BCUT2D eigenvalue weighted by atomic mass is 10.2. The fourth-order valence-electron chi connectivity index (χ4n) is 1.13. The highest BCUT2D eigenvalue weighted by molar-refractivity contribution is 6.29. The van der Waals surface area contributed by atoms with Crippen molar-refractivity contribution in [2.24, 2.45) is 0 Å². The Balaban J connectivity index is 2.61. The topological polar surface area (TPSA) is 78.3 Å². The van der Waals surface area contributed by atoms with Gasteiger partial charge in [0.15, 0.2) is 0 Å². The molecule has 0 aliphatic rings. The first-order valence-electron chi connectivity index (χ1n) is 5.63. The van der Waals surface area contributed by atoms with Gasteiger partial charge >= 0.3 is 6.09 Å². The van der Waals surface area contributed by atoms with Crippen molar-refractivity contribution in [1.29, 1.82) is 5.41 Å². The van der Waals surface area contributed by atoms with E-state index in [0.717, 1.165) is 5.01 Å². The number of amides is 1. The van der Waals surface area contributed by atoms with Crippen LogP contribution in [0.5, 0.6) is 0 Å². The Labute approximate surface area is 117 Å². The van der Waals surface area contributed by atoms with Crippen molar-refractivity contribution in [3.05, 3.63) is 29.0 Å². The molecule has 1 amide bonds. The van der Waals surface area contributed by atoms with Gasteiger partial charge in [0.25, 0.3) is 0 Å². The third-order valence-corrected chi connectivity index (χ3v) is 2.19. The molecular formula is C12H17ClN4O2. The molecule has 104 valence electrons. The maximum absolute atomic E-state index is 11.7. The SMILES string of the molecule is CN(NC(=N)c1ccc(Cl)nc1)C(=O)OC(C)(C)C. The number of carbonyl (C=O) groups excluding carboxylic acids is 1. The van der Waals surface area contributed by atoms with Crippen molar-refractivity contribution in [3.8, 4) is 0 Å². The molecule has 0 unspecified atom stereocenters. The monoisotopic (exact) mass is 284 g/mol. The third kappa shape index (κ3) is 5.13. The second kappa shape index (κ2) is 5.88. The highest BCUT2D eigenvalue weighted by Gasteiger charge is 2.20. The third-order valence-electron chi connectivity index (χ3n) is 1.96. The second-order valence-corrected chi connectivity index (χ2v) is 5.28. The smallest absolute Gasteiger partial charge is 0.428 e. The number of ether oxygens (including phenoxy) is 1. The Morgan fingerprint density at radius 3 is 2.58 bits per heavy atom. The molecule has 0 atom stereocenters. The van der Waals surface area contributed by atoms with E-state index in [9.17, 15) is 4.79 Å². The molecular weight excluding hydrogens is 268 g/mol. The van der Waals surface area contributed by atoms with Gasteiger partial charge in [-0.1, -0.05) is 11.6 Å². The minimum Gasteiger partial charge on any atom is -0.442 e. The molecule has 0 saturated heterocycles. The molecule has 0 aliphatic carbocycles. The van der Waals surface area contributed by atoms with Crippen molar-refractivity contribution in [3.63, 3.8) is 0 Å². The van der Waals surface area contributed by atoms with Crippen LogP contribution in [-0.2, 0) is 4.74 Å². The van der Waals surface area contributed by atoms with E-state index in [1.54, 1.807) is 32.9 Å². The molecule has 6 nitrogen and oxygen atoms in total. The predicted octanol–water partition coefficient (Wildman–Crippen LogP) is 2.43. The van der Waals surface area contributed by atoms with Gasteiger partial charge in [-0.05, 0) is 32.9 Å². The number of hydrogen-bond donors (Lipinski definition) is 2. The summed E-state index contributed by atoms with van der Waals surface area (Å²) < 4.78 is 5.15. The van der Waals surface area contributed by atoms with E-state index in [1.165, 1.54) is 13.2 Å². The minimum absolute atomic E-state index is 0.0255. The molecule has 0 bridgehead atoms. The summed E-state index contributed by atoms with van der Waals surface area (Å²) in [5.74, 6) is 0.0255. The number of carbonyl (C=O) groups is 1. The van der Waals surface area contributed by atoms with Crippen molar-refractivity contribution < 1.29 is 9.53 Å². The van der Waals surface area contributed by atoms with Crippen LogP contribution in [0.15, 0.2) is 18.3 Å². The van der Waals surface area contributed by atoms with Gasteiger partial charge in [-0.2, -0.15) is 0 Å². The van der Waals surface area contributed by atoms with E-state index in [0.29, 0.717) is 10.7 Å². The number of hydrogen-bond acceptors (Lipinski definition) is 4. The lowest BCUT2D eigenvalue weighted by Crippen LogP contribution is -2.45. The molecule has 19 heavy (non-hydrogen) atoms. The largest absolute Gasteiger partial charge is 0.442 e. The number of aromatic nitrogens is 1. The Morgan fingerprint density at radius 1 is 1.47 bits per heavy atom. The van der Waals surface area contributed by atoms with Gasteiger partial charge in [-0.25, -0.2) is 14.8 Å². The number of rotatable bonds is 1. The average Bonchev–Trinajstić information content (AvgIpc) is 2.27. The first-order valence-corrected chi connectivity index (χ1v) is 6.00. The molecule has 2 N–H and O–H groups in total. The van der Waals surface area contributed by atoms with Gasteiger partial charge in [-0.3, -0.25) is 10.8 Å². The van der Waals surface area contributed by atoms with Crippen LogP contribution < -0.4 is 5.43 Å². The average molecular weight is 285 g/mol. The van der Waals surface area contributed by atoms with E-state index < -0.39 is 11.7 Å². The molecule has 0 radical (unpaired) electrons. The molecule has 1 aromatic rings. The summed E-state index contributed by atoms with van der Waals surface area (Å²) >= 11 is 5.66. The fraction of sp³-hybridized carbons (Fsp3) is 0.417. The van der Waals surface area contributed by atoms with E-state index >= 15 is 0 Å². The molecule has 1 rings (SSSR count). The molecule has 0 spiro atoms. The second-order valence-electron chi connectivity index (χ2n) is 4.90. The van der Waals surface area contributed by atoms with Gasteiger partial charge in [0.2, 0.25) is 0 Å². The number of nitrogens with zero attached hydrogens (tertiary/aromatic N) is 2. The first kappa shape index (κ1) is 15.2. The minimum atomic E-state index is -0.586. The van der Waals surface area contributed by atoms with Crippen LogP contribution in [0, 0.1) is 5.41 Å². The molecule has 7 heteroatoms. The summed E-state index contributed by atoms with van der Waals surface area (Å²) in [6, 6.07) is 3.20. The molecule has 0 aromatic carbocycles. The first-order chi connectivity index (χ1) is 8.69. The lowest BCUT2D eigenvalue weighted by Gasteiger charge is -2.25. The van der Waals surface area contributed by atoms with Crippen LogP contribution in [0.25, 0.3) is 0 Å². The van der Waals surface area contributed by atoms with Gasteiger partial charge in [0.05, 0.1) is 0 Å². The fourth-order valence-corrected chi connectivity index (χ4v) is 1.24. The van der Waals surface area contributed by atoms with E-state index in [2.05, 4.69) is 10.4 Å². The van der Waals surface area contributed by atoms with Crippen LogP contribution in [-0.4, -0.2) is 34.6 Å². The molecule has 1 aromatic heterocycles. The molecule has 0 aliphatic heterocycles. The summed E-state index contributed by atoms with van der Waals surface area (Å²) in [6.07, 6.45) is 0.875. The van der Waals surface area contributed by atoms with Crippen molar-refractivity contribution >= 4 is 23.5 Å². The van der Waals surface area contributed by atoms with E-state index in [1.807, 2.05) is 0 Å². The number of amidine groups is 1. The number of pyridine rings is 1. The van der Waals surface area contributed by atoms with Gasteiger partial charge in [0.1, 0.15) is 16.6 Å². The van der Waals surface area contributed by atoms with Crippen LogP contribution in [0.2, 0.25) is 5.15 Å². The lowest BCUT2D eigenvalue weighted by molar-refractivity contribution is 0.0250. The van der Waals surface area contributed by atoms with Crippen LogP contribution >= 0.6 is 11.6 Å². The highest BCUT2D eigenvalue weighted by Crippen LogP contribution is 2.09. The maximum Gasteiger partial charge on any atom is 0.428 e. The quantitative estimate of drug-likeness (QED) is 0.359. The Kier molecular flexibility index (Phi) is 4.72. The summed E-state index contributed by atoms with van der Waals surface area (Å²) in [7, 11) is 1.48. The van der Waals surface area contributed by atoms with Gasteiger partial charge < -0.3 is 4.74 Å². The van der Waals surface area contributed by atoms with Crippen LogP contribution in [0.1, 0.15) is 26.3 Å². The summed E-state index contributed by atoms with van der Waals surface area (Å²) in [6.45, 7) is 5.31. The summed E-state index contributed by atoms with van der Waals surface area (Å²) in [4.78, 5) is 15.5. The highest BCUT2D eigenvalue weighted by atomic mass is 35.5. The standard InChI is InChI=1S/C12H17ClN4O2/c1-12(2,3)19-11(18)17(4)16-10(14)8-5-6-9(13)15-7-8/h5-7H,1-4H3,(H2,14,16). The van der Waals surface area contributed by atoms with Gasteiger partial charge in [0, 0.05) is 18.8 Å². The Hall–Kier alpha value is -1.82. The molecule has 1 heterocycles. The predicted molar refractivity (Wildman–Crippen MR) is 73.2 cm³/mol. The van der Waals surface area contributed by atoms with Crippen LogP contribution in [0.4, 0.5) is 4.79 Å². The number of nitrogens with one attached hydrogen (secondary N) is 2. The van der Waals surface area contributed by atoms with Crippen molar-refractivity contribution in [2.75, 3.05) is 7.05 Å². The van der Waals surface area contributed by atoms with Gasteiger partial charge in [-0.15, -0.1) is 0 Å². The Bertz CT molecular complexity index is 468. The Morgan fingerprint density at radius 2 is 2.11 bits per heavy atom. The number of hydrazine groups is 1. The van der Waals surface area contributed by atoms with Crippen LogP contribution in [0.3, 0.4) is 0 Å². The van der Waals surface area contributed by atoms with Crippen molar-refractivity contribution in [1.82, 2.24) is 15.4 Å². The molecule has 0 saturated carbocycles. The zero-order valence-electron chi connectivity index (χ0n) is 11.3. The summed E-state index contributed by atoms with van der Waals surface area (Å²) in [5, 5.41) is 9.26. The zero-order valence-corrected chi connectivity index (χ0v) is 12.1. The van der Waals surface area contributed by atoms with Crippen molar-refractivity contribution in [2.45, 2.75) is 26.4 Å². The maximum atomic E-state index is 11.7. The normalized spacial score (nSPS) is 10.8. The molecule has 0 fully saturated rings. The van der Waals surface area contributed by atoms with E-state index in [-0.39, 0.29) is 5.84 Å². The number of halogens is 1. The summed E-state index contributed by atoms with van der Waals surface area (Å²) in [5.41, 5.74) is 2.52.